The van der Waals surface area contributed by atoms with Crippen LogP contribution in [0.25, 0.3) is 0 Å². The zero-order valence-corrected chi connectivity index (χ0v) is 18.7. The number of nitrogens with one attached hydrogen (secondary N) is 3. The smallest absolute Gasteiger partial charge is 0.325 e. The van der Waals surface area contributed by atoms with Gasteiger partial charge in [-0.2, -0.15) is 5.10 Å². The van der Waals surface area contributed by atoms with Crippen LogP contribution in [0.1, 0.15) is 24.4 Å². The molecule has 0 fully saturated rings. The van der Waals surface area contributed by atoms with E-state index < -0.39 is 6.03 Å². The molecule has 0 saturated heterocycles. The van der Waals surface area contributed by atoms with E-state index in [2.05, 4.69) is 50.1 Å². The second-order valence-electron chi connectivity index (χ2n) is 6.68. The number of para-hydroxylation sites is 1. The molecular weight excluding hydrogens is 426 g/mol. The fourth-order valence-electron chi connectivity index (χ4n) is 2.87. The zero-order valence-electron chi connectivity index (χ0n) is 17.9. The molecule has 0 aliphatic rings. The minimum absolute atomic E-state index is 0.0118. The molecule has 166 valence electrons. The molecule has 2 aromatic carbocycles. The third-order valence-corrected chi connectivity index (χ3v) is 5.29. The van der Waals surface area contributed by atoms with Crippen molar-refractivity contribution in [2.24, 2.45) is 5.10 Å². The van der Waals surface area contributed by atoms with Crippen molar-refractivity contribution < 1.29 is 9.59 Å². The summed E-state index contributed by atoms with van der Waals surface area (Å²) >= 11 is 1.13. The standard InChI is InChI=1S/C22H25N7O2S/c1-3-29(4-2)18-12-10-16(11-13-18)15-23-26-19(30)14-20-27-28-22(32-20)25-21(31)24-17-8-6-5-7-9-17/h5-13,15H,3-4,14H2,1-2H3,(H,26,30)(H2,24,25,28,31). The van der Waals surface area contributed by atoms with Gasteiger partial charge in [0.1, 0.15) is 5.01 Å². The van der Waals surface area contributed by atoms with Crippen molar-refractivity contribution >= 4 is 46.0 Å². The van der Waals surface area contributed by atoms with Gasteiger partial charge in [-0.3, -0.25) is 10.1 Å². The Balaban J connectivity index is 1.45. The highest BCUT2D eigenvalue weighted by Gasteiger charge is 2.11. The summed E-state index contributed by atoms with van der Waals surface area (Å²) in [6, 6.07) is 16.6. The number of hydrogen-bond donors (Lipinski definition) is 3. The van der Waals surface area contributed by atoms with Gasteiger partial charge in [-0.05, 0) is 43.7 Å². The van der Waals surface area contributed by atoms with Crippen LogP contribution in [0.2, 0.25) is 0 Å². The first-order chi connectivity index (χ1) is 15.6. The molecule has 0 spiro atoms. The Bertz CT molecular complexity index is 1050. The number of carbonyl (C=O) groups excluding carboxylic acids is 2. The first-order valence-electron chi connectivity index (χ1n) is 10.2. The van der Waals surface area contributed by atoms with E-state index in [0.717, 1.165) is 35.7 Å². The van der Waals surface area contributed by atoms with Crippen molar-refractivity contribution in [3.8, 4) is 0 Å². The highest BCUT2D eigenvalue weighted by molar-refractivity contribution is 7.15. The number of aromatic nitrogens is 2. The third kappa shape index (κ3) is 6.88. The SMILES string of the molecule is CCN(CC)c1ccc(C=NNC(=O)Cc2nnc(NC(=O)Nc3ccccc3)s2)cc1. The number of hydrazone groups is 1. The first-order valence-corrected chi connectivity index (χ1v) is 11.0. The van der Waals surface area contributed by atoms with Gasteiger partial charge in [-0.15, -0.1) is 10.2 Å². The van der Waals surface area contributed by atoms with E-state index >= 15 is 0 Å². The minimum Gasteiger partial charge on any atom is -0.372 e. The van der Waals surface area contributed by atoms with E-state index in [1.807, 2.05) is 42.5 Å². The van der Waals surface area contributed by atoms with Gasteiger partial charge in [0.05, 0.1) is 12.6 Å². The maximum Gasteiger partial charge on any atom is 0.325 e. The number of rotatable bonds is 9. The molecule has 0 saturated carbocycles. The molecule has 3 rings (SSSR count). The summed E-state index contributed by atoms with van der Waals surface area (Å²) in [5.74, 6) is -0.322. The molecule has 3 aromatic rings. The third-order valence-electron chi connectivity index (χ3n) is 4.46. The van der Waals surface area contributed by atoms with Crippen LogP contribution in [0.15, 0.2) is 59.7 Å². The van der Waals surface area contributed by atoms with Crippen molar-refractivity contribution in [1.82, 2.24) is 15.6 Å². The Hall–Kier alpha value is -3.79. The molecule has 1 heterocycles. The van der Waals surface area contributed by atoms with Crippen molar-refractivity contribution in [1.29, 1.82) is 0 Å². The van der Waals surface area contributed by atoms with Crippen LogP contribution in [0.5, 0.6) is 0 Å². The molecule has 0 aliphatic carbocycles. The Labute approximate surface area is 190 Å². The minimum atomic E-state index is -0.431. The lowest BCUT2D eigenvalue weighted by Gasteiger charge is -2.20. The predicted octanol–water partition coefficient (Wildman–Crippen LogP) is 3.72. The van der Waals surface area contributed by atoms with Gasteiger partial charge in [0, 0.05) is 24.5 Å². The van der Waals surface area contributed by atoms with Gasteiger partial charge in [-0.25, -0.2) is 10.2 Å². The van der Waals surface area contributed by atoms with Crippen molar-refractivity contribution in [3.05, 3.63) is 65.2 Å². The van der Waals surface area contributed by atoms with Gasteiger partial charge >= 0.3 is 6.03 Å². The van der Waals surface area contributed by atoms with E-state index in [-0.39, 0.29) is 12.3 Å². The molecule has 3 N–H and O–H groups in total. The molecule has 0 aliphatic heterocycles. The lowest BCUT2D eigenvalue weighted by atomic mass is 10.2. The summed E-state index contributed by atoms with van der Waals surface area (Å²) in [5, 5.41) is 17.9. The Morgan fingerprint density at radius 2 is 1.72 bits per heavy atom. The fourth-order valence-corrected chi connectivity index (χ4v) is 3.61. The van der Waals surface area contributed by atoms with Crippen molar-refractivity contribution in [2.75, 3.05) is 28.6 Å². The molecule has 0 radical (unpaired) electrons. The fraction of sp³-hybridized carbons (Fsp3) is 0.227. The van der Waals surface area contributed by atoms with Crippen molar-refractivity contribution in [3.63, 3.8) is 0 Å². The van der Waals surface area contributed by atoms with E-state index in [0.29, 0.717) is 15.8 Å². The molecule has 10 heteroatoms. The normalized spacial score (nSPS) is 10.7. The first kappa shape index (κ1) is 22.9. The van der Waals surface area contributed by atoms with Gasteiger partial charge in [0.2, 0.25) is 11.0 Å². The monoisotopic (exact) mass is 451 g/mol. The molecular formula is C22H25N7O2S. The summed E-state index contributed by atoms with van der Waals surface area (Å²) in [6.07, 6.45) is 1.60. The van der Waals surface area contributed by atoms with Crippen LogP contribution in [0, 0.1) is 0 Å². The second kappa shape index (κ2) is 11.6. The van der Waals surface area contributed by atoms with Gasteiger partial charge < -0.3 is 10.2 Å². The highest BCUT2D eigenvalue weighted by atomic mass is 32.1. The molecule has 3 amide bonds. The largest absolute Gasteiger partial charge is 0.372 e. The van der Waals surface area contributed by atoms with Gasteiger partial charge in [0.25, 0.3) is 0 Å². The summed E-state index contributed by atoms with van der Waals surface area (Å²) in [6.45, 7) is 6.12. The van der Waals surface area contributed by atoms with E-state index in [1.165, 1.54) is 0 Å². The zero-order chi connectivity index (χ0) is 22.8. The predicted molar refractivity (Wildman–Crippen MR) is 128 cm³/mol. The van der Waals surface area contributed by atoms with Crippen LogP contribution >= 0.6 is 11.3 Å². The molecule has 9 nitrogen and oxygen atoms in total. The number of urea groups is 1. The van der Waals surface area contributed by atoms with E-state index in [9.17, 15) is 9.59 Å². The van der Waals surface area contributed by atoms with Crippen LogP contribution in [0.3, 0.4) is 0 Å². The Kier molecular flexibility index (Phi) is 8.27. The summed E-state index contributed by atoms with van der Waals surface area (Å²) in [5.41, 5.74) is 5.17. The van der Waals surface area contributed by atoms with Gasteiger partial charge in [-0.1, -0.05) is 41.7 Å². The van der Waals surface area contributed by atoms with E-state index in [1.54, 1.807) is 18.3 Å². The highest BCUT2D eigenvalue weighted by Crippen LogP contribution is 2.16. The average molecular weight is 452 g/mol. The average Bonchev–Trinajstić information content (AvgIpc) is 3.22. The number of carbonyl (C=O) groups is 2. The van der Waals surface area contributed by atoms with Crippen LogP contribution in [-0.2, 0) is 11.2 Å². The molecule has 32 heavy (non-hydrogen) atoms. The number of anilines is 3. The Morgan fingerprint density at radius 3 is 2.41 bits per heavy atom. The summed E-state index contributed by atoms with van der Waals surface area (Å²) < 4.78 is 0. The lowest BCUT2D eigenvalue weighted by Crippen LogP contribution is -2.21. The number of benzene rings is 2. The number of nitrogens with zero attached hydrogens (tertiary/aromatic N) is 4. The number of amides is 3. The van der Waals surface area contributed by atoms with Gasteiger partial charge in [0.15, 0.2) is 0 Å². The summed E-state index contributed by atoms with van der Waals surface area (Å²) in [4.78, 5) is 26.4. The molecule has 0 unspecified atom stereocenters. The Morgan fingerprint density at radius 1 is 1.00 bits per heavy atom. The van der Waals surface area contributed by atoms with Crippen molar-refractivity contribution in [2.45, 2.75) is 20.3 Å². The van der Waals surface area contributed by atoms with Crippen LogP contribution in [-0.4, -0.2) is 41.4 Å². The molecule has 0 atom stereocenters. The van der Waals surface area contributed by atoms with Crippen LogP contribution < -0.4 is 21.0 Å². The quantitative estimate of drug-likeness (QED) is 0.339. The second-order valence-corrected chi connectivity index (χ2v) is 7.74. The summed E-state index contributed by atoms with van der Waals surface area (Å²) in [7, 11) is 0. The topological polar surface area (TPSA) is 112 Å². The number of hydrogen-bond acceptors (Lipinski definition) is 7. The van der Waals surface area contributed by atoms with Crippen LogP contribution in [0.4, 0.5) is 21.3 Å². The van der Waals surface area contributed by atoms with E-state index in [4.69, 9.17) is 0 Å². The lowest BCUT2D eigenvalue weighted by molar-refractivity contribution is -0.120. The molecule has 0 bridgehead atoms. The maximum atomic E-state index is 12.1. The molecule has 1 aromatic heterocycles. The maximum absolute atomic E-state index is 12.1.